The van der Waals surface area contributed by atoms with Gasteiger partial charge in [-0.3, -0.25) is 9.59 Å². The number of esters is 1. The maximum Gasteiger partial charge on any atom is 0.342 e. The van der Waals surface area contributed by atoms with E-state index in [9.17, 15) is 24.6 Å². The summed E-state index contributed by atoms with van der Waals surface area (Å²) in [6, 6.07) is 3.23. The summed E-state index contributed by atoms with van der Waals surface area (Å²) in [5.74, 6) is -2.30. The van der Waals surface area contributed by atoms with Crippen LogP contribution in [0.3, 0.4) is 0 Å². The highest BCUT2D eigenvalue weighted by molar-refractivity contribution is 6.38. The summed E-state index contributed by atoms with van der Waals surface area (Å²) < 4.78 is 5.54. The molecule has 2 rings (SSSR count). The third-order valence-corrected chi connectivity index (χ3v) is 5.20. The maximum absolute atomic E-state index is 12.7. The second kappa shape index (κ2) is 9.68. The highest BCUT2D eigenvalue weighted by atomic mass is 16.5. The van der Waals surface area contributed by atoms with Gasteiger partial charge in [0.15, 0.2) is 0 Å². The largest absolute Gasteiger partial charge is 0.507 e. The Morgan fingerprint density at radius 3 is 2.54 bits per heavy atom. The van der Waals surface area contributed by atoms with Gasteiger partial charge in [-0.25, -0.2) is 4.79 Å². The number of phenolic OH excluding ortho intramolecular Hbond substituents is 1. The quantitative estimate of drug-likeness (QED) is 0.525. The Morgan fingerprint density at radius 2 is 1.86 bits per heavy atom. The van der Waals surface area contributed by atoms with Crippen LogP contribution in [0.4, 0.5) is 5.69 Å². The minimum absolute atomic E-state index is 0.0253. The number of cyclic esters (lactones) is 1. The average Bonchev–Trinajstić information content (AvgIpc) is 2.64. The first kappa shape index (κ1) is 21.9. The van der Waals surface area contributed by atoms with E-state index in [1.54, 1.807) is 13.0 Å². The molecule has 1 unspecified atom stereocenters. The predicted molar refractivity (Wildman–Crippen MR) is 105 cm³/mol. The molecule has 1 heterocycles. The van der Waals surface area contributed by atoms with Crippen LogP contribution in [0.5, 0.6) is 5.75 Å². The van der Waals surface area contributed by atoms with E-state index in [-0.39, 0.29) is 30.1 Å². The van der Waals surface area contributed by atoms with Crippen molar-refractivity contribution in [2.45, 2.75) is 65.1 Å². The molecule has 154 valence electrons. The number of nitrogens with one attached hydrogen (secondary N) is 1. The molecular formula is C21H29NO6. The van der Waals surface area contributed by atoms with Gasteiger partial charge in [0, 0.05) is 24.7 Å². The number of rotatable bonds is 2. The van der Waals surface area contributed by atoms with Gasteiger partial charge in [-0.1, -0.05) is 6.92 Å². The number of hydrogen-bond acceptors (Lipinski definition) is 7. The molecule has 0 amide bonds. The number of benzene rings is 1. The molecule has 28 heavy (non-hydrogen) atoms. The molecule has 0 saturated carbocycles. The second-order valence-corrected chi connectivity index (χ2v) is 7.38. The minimum atomic E-state index is -1.32. The van der Waals surface area contributed by atoms with Gasteiger partial charge in [0.1, 0.15) is 23.5 Å². The molecule has 0 bridgehead atoms. The minimum Gasteiger partial charge on any atom is -0.507 e. The summed E-state index contributed by atoms with van der Waals surface area (Å²) in [6.45, 7) is 6.13. The van der Waals surface area contributed by atoms with Crippen molar-refractivity contribution in [1.82, 2.24) is 0 Å². The van der Waals surface area contributed by atoms with Gasteiger partial charge >= 0.3 is 5.97 Å². The second-order valence-electron chi connectivity index (χ2n) is 7.38. The van der Waals surface area contributed by atoms with E-state index in [2.05, 4.69) is 5.32 Å². The molecule has 0 radical (unpaired) electrons. The van der Waals surface area contributed by atoms with Crippen LogP contribution in [-0.2, 0) is 20.7 Å². The van der Waals surface area contributed by atoms with Crippen molar-refractivity contribution < 1.29 is 29.3 Å². The number of phenols is 1. The fraction of sp³-hybridized carbons (Fsp3) is 0.571. The van der Waals surface area contributed by atoms with Crippen molar-refractivity contribution >= 4 is 23.2 Å². The molecule has 0 aliphatic carbocycles. The van der Waals surface area contributed by atoms with Gasteiger partial charge in [0.25, 0.3) is 0 Å². The first-order valence-corrected chi connectivity index (χ1v) is 9.80. The highest BCUT2D eigenvalue weighted by Gasteiger charge is 2.28. The number of carbonyl (C=O) groups excluding carboxylic acids is 3. The zero-order valence-corrected chi connectivity index (χ0v) is 16.7. The van der Waals surface area contributed by atoms with Crippen LogP contribution in [0, 0.1) is 5.92 Å². The fourth-order valence-corrected chi connectivity index (χ4v) is 3.30. The Bertz CT molecular complexity index is 745. The molecule has 1 aliphatic heterocycles. The molecule has 0 aromatic heterocycles. The number of Topliss-reactive ketones (excluding diaryl/α,β-unsaturated/α-hetero) is 2. The number of hydrogen-bond donors (Lipinski definition) is 3. The number of ether oxygens (including phenoxy) is 1. The molecule has 1 aliphatic rings. The molecule has 3 atom stereocenters. The number of anilines is 1. The predicted octanol–water partition coefficient (Wildman–Crippen LogP) is 2.62. The third kappa shape index (κ3) is 5.32. The van der Waals surface area contributed by atoms with Gasteiger partial charge in [0.05, 0.1) is 0 Å². The summed E-state index contributed by atoms with van der Waals surface area (Å²) in [4.78, 5) is 36.9. The van der Waals surface area contributed by atoms with E-state index in [1.807, 2.05) is 13.8 Å². The zero-order valence-electron chi connectivity index (χ0n) is 16.7. The van der Waals surface area contributed by atoms with Gasteiger partial charge in [-0.05, 0) is 57.1 Å². The Balaban J connectivity index is 2.38. The monoisotopic (exact) mass is 391 g/mol. The summed E-state index contributed by atoms with van der Waals surface area (Å²) >= 11 is 0. The Morgan fingerprint density at radius 1 is 1.14 bits per heavy atom. The SMILES string of the molecule is CCNc1cc(O)c2c(c1)CCCC(=O)C(=O)C(O)CC[C@H](C)[C@H](C)OC2=O. The molecule has 0 saturated heterocycles. The van der Waals surface area contributed by atoms with Crippen LogP contribution < -0.4 is 5.32 Å². The van der Waals surface area contributed by atoms with Gasteiger partial charge in [0.2, 0.25) is 11.6 Å². The Kier molecular flexibility index (Phi) is 7.57. The van der Waals surface area contributed by atoms with Crippen LogP contribution in [0.2, 0.25) is 0 Å². The molecule has 3 N–H and O–H groups in total. The molecule has 7 nitrogen and oxygen atoms in total. The van der Waals surface area contributed by atoms with Crippen molar-refractivity contribution in [1.29, 1.82) is 0 Å². The normalized spacial score (nSPS) is 24.9. The molecule has 0 fully saturated rings. The van der Waals surface area contributed by atoms with E-state index in [0.717, 1.165) is 0 Å². The molecule has 0 spiro atoms. The number of carbonyl (C=O) groups is 3. The smallest absolute Gasteiger partial charge is 0.342 e. The van der Waals surface area contributed by atoms with E-state index < -0.39 is 29.7 Å². The number of aliphatic hydroxyl groups excluding tert-OH is 1. The lowest BCUT2D eigenvalue weighted by Gasteiger charge is -2.23. The summed E-state index contributed by atoms with van der Waals surface area (Å²) in [5.41, 5.74) is 1.31. The van der Waals surface area contributed by atoms with Crippen LogP contribution in [0.25, 0.3) is 0 Å². The third-order valence-electron chi connectivity index (χ3n) is 5.20. The summed E-state index contributed by atoms with van der Waals surface area (Å²) in [5, 5.41) is 23.5. The number of aromatic hydroxyl groups is 1. The van der Waals surface area contributed by atoms with Gasteiger partial charge in [-0.2, -0.15) is 0 Å². The van der Waals surface area contributed by atoms with Crippen molar-refractivity contribution in [3.63, 3.8) is 0 Å². The summed E-state index contributed by atoms with van der Waals surface area (Å²) in [6.07, 6.45) is -0.627. The molecule has 7 heteroatoms. The van der Waals surface area contributed by atoms with E-state index in [4.69, 9.17) is 4.74 Å². The highest BCUT2D eigenvalue weighted by Crippen LogP contribution is 2.30. The number of aryl methyl sites for hydroxylation is 1. The summed E-state index contributed by atoms with van der Waals surface area (Å²) in [7, 11) is 0. The zero-order chi connectivity index (χ0) is 20.8. The van der Waals surface area contributed by atoms with Crippen molar-refractivity contribution in [2.75, 3.05) is 11.9 Å². The Labute approximate surface area is 165 Å². The van der Waals surface area contributed by atoms with Crippen LogP contribution >= 0.6 is 0 Å². The average molecular weight is 391 g/mol. The number of ketones is 2. The molecule has 1 aromatic carbocycles. The Hall–Kier alpha value is -2.41. The fourth-order valence-electron chi connectivity index (χ4n) is 3.30. The van der Waals surface area contributed by atoms with Crippen LogP contribution in [0.15, 0.2) is 12.1 Å². The number of fused-ring (bicyclic) bond motifs is 1. The molecular weight excluding hydrogens is 362 g/mol. The standard InChI is InChI=1S/C21H29NO6/c1-4-22-15-10-14-6-5-7-16(23)20(26)17(24)9-8-12(2)13(3)28-21(27)19(14)18(25)11-15/h10-13,17,22,24-25H,4-9H2,1-3H3/t12-,13-,17?/m0/s1. The molecule has 1 aromatic rings. The van der Waals surface area contributed by atoms with Gasteiger partial charge in [-0.15, -0.1) is 0 Å². The van der Waals surface area contributed by atoms with E-state index >= 15 is 0 Å². The lowest BCUT2D eigenvalue weighted by molar-refractivity contribution is -0.142. The lowest BCUT2D eigenvalue weighted by Crippen LogP contribution is -2.30. The van der Waals surface area contributed by atoms with E-state index in [0.29, 0.717) is 37.1 Å². The van der Waals surface area contributed by atoms with E-state index in [1.165, 1.54) is 6.07 Å². The van der Waals surface area contributed by atoms with Gasteiger partial charge < -0.3 is 20.3 Å². The first-order valence-electron chi connectivity index (χ1n) is 9.80. The maximum atomic E-state index is 12.7. The number of aliphatic hydroxyl groups is 1. The lowest BCUT2D eigenvalue weighted by atomic mass is 9.93. The van der Waals surface area contributed by atoms with Crippen molar-refractivity contribution in [3.8, 4) is 5.75 Å². The van der Waals surface area contributed by atoms with Crippen molar-refractivity contribution in [2.24, 2.45) is 5.92 Å². The first-order chi connectivity index (χ1) is 13.2. The van der Waals surface area contributed by atoms with Crippen molar-refractivity contribution in [3.05, 3.63) is 23.3 Å². The van der Waals surface area contributed by atoms with Crippen LogP contribution in [-0.4, -0.2) is 46.5 Å². The van der Waals surface area contributed by atoms with Crippen LogP contribution in [0.1, 0.15) is 62.4 Å². The topological polar surface area (TPSA) is 113 Å².